The zero-order valence-corrected chi connectivity index (χ0v) is 15.4. The molecule has 3 rings (SSSR count). The molecule has 1 atom stereocenters. The average Bonchev–Trinajstić information content (AvgIpc) is 2.68. The molecule has 0 bridgehead atoms. The van der Waals surface area contributed by atoms with Crippen molar-refractivity contribution in [3.8, 4) is 6.07 Å². The second kappa shape index (κ2) is 8.35. The van der Waals surface area contributed by atoms with E-state index in [2.05, 4.69) is 0 Å². The van der Waals surface area contributed by atoms with Crippen molar-refractivity contribution in [1.82, 2.24) is 9.80 Å². The Balaban J connectivity index is 1.54. The van der Waals surface area contributed by atoms with Crippen molar-refractivity contribution in [2.45, 2.75) is 19.0 Å². The van der Waals surface area contributed by atoms with E-state index in [4.69, 9.17) is 5.26 Å². The summed E-state index contributed by atoms with van der Waals surface area (Å²) in [5.74, 6) is -2.30. The lowest BCUT2D eigenvalue weighted by Crippen LogP contribution is -2.52. The molecule has 9 heteroatoms. The van der Waals surface area contributed by atoms with E-state index in [1.807, 2.05) is 15.9 Å². The van der Waals surface area contributed by atoms with Crippen molar-refractivity contribution in [3.05, 3.63) is 29.6 Å². The Morgan fingerprint density at radius 3 is 2.54 bits per heavy atom. The molecule has 1 unspecified atom stereocenters. The highest BCUT2D eigenvalue weighted by Crippen LogP contribution is 2.33. The van der Waals surface area contributed by atoms with Crippen molar-refractivity contribution < 1.29 is 22.4 Å². The van der Waals surface area contributed by atoms with Gasteiger partial charge in [-0.2, -0.15) is 18.4 Å². The van der Waals surface area contributed by atoms with Gasteiger partial charge in [0.05, 0.1) is 18.2 Å². The van der Waals surface area contributed by atoms with Gasteiger partial charge in [-0.3, -0.25) is 9.69 Å². The van der Waals surface area contributed by atoms with Gasteiger partial charge in [-0.25, -0.2) is 4.39 Å². The van der Waals surface area contributed by atoms with E-state index < -0.39 is 17.9 Å². The number of benzene rings is 1. The quantitative estimate of drug-likeness (QED) is 0.735. The van der Waals surface area contributed by atoms with E-state index >= 15 is 0 Å². The fourth-order valence-electron chi connectivity index (χ4n) is 3.80. The Bertz CT molecular complexity index is 753. The fraction of sp³-hybridized carbons (Fsp3) is 0.579. The van der Waals surface area contributed by atoms with Gasteiger partial charge in [-0.15, -0.1) is 0 Å². The van der Waals surface area contributed by atoms with Crippen LogP contribution in [0.1, 0.15) is 18.4 Å². The maximum atomic E-state index is 13.8. The minimum absolute atomic E-state index is 0.00136. The van der Waals surface area contributed by atoms with Gasteiger partial charge >= 0.3 is 6.18 Å². The number of halogens is 4. The molecule has 0 aliphatic carbocycles. The van der Waals surface area contributed by atoms with Crippen LogP contribution in [0.4, 0.5) is 23.2 Å². The maximum Gasteiger partial charge on any atom is 0.393 e. The minimum Gasteiger partial charge on any atom is -0.368 e. The number of hydrogen-bond acceptors (Lipinski definition) is 4. The summed E-state index contributed by atoms with van der Waals surface area (Å²) in [7, 11) is 0. The van der Waals surface area contributed by atoms with Gasteiger partial charge in [-0.05, 0) is 25.0 Å². The first-order valence-electron chi connectivity index (χ1n) is 9.30. The molecular formula is C19H22F4N4O. The van der Waals surface area contributed by atoms with E-state index in [9.17, 15) is 22.4 Å². The highest BCUT2D eigenvalue weighted by Gasteiger charge is 2.42. The molecular weight excluding hydrogens is 376 g/mol. The third-order valence-electron chi connectivity index (χ3n) is 5.41. The van der Waals surface area contributed by atoms with E-state index in [1.165, 1.54) is 11.0 Å². The third-order valence-corrected chi connectivity index (χ3v) is 5.41. The van der Waals surface area contributed by atoms with Crippen molar-refractivity contribution in [1.29, 1.82) is 5.26 Å². The third kappa shape index (κ3) is 4.55. The Hall–Kier alpha value is -2.34. The zero-order chi connectivity index (χ0) is 20.3. The van der Waals surface area contributed by atoms with E-state index in [-0.39, 0.29) is 31.0 Å². The number of anilines is 1. The molecule has 0 N–H and O–H groups in total. The second-order valence-electron chi connectivity index (χ2n) is 7.23. The van der Waals surface area contributed by atoms with E-state index in [0.29, 0.717) is 44.8 Å². The Labute approximate surface area is 161 Å². The number of piperidine rings is 1. The predicted molar refractivity (Wildman–Crippen MR) is 95.1 cm³/mol. The Morgan fingerprint density at radius 2 is 1.89 bits per heavy atom. The molecule has 0 saturated carbocycles. The lowest BCUT2D eigenvalue weighted by atomic mass is 9.97. The number of amides is 1. The molecule has 2 fully saturated rings. The summed E-state index contributed by atoms with van der Waals surface area (Å²) in [5.41, 5.74) is 0.524. The zero-order valence-electron chi connectivity index (χ0n) is 15.4. The summed E-state index contributed by atoms with van der Waals surface area (Å²) >= 11 is 0. The lowest BCUT2D eigenvalue weighted by Gasteiger charge is -2.38. The van der Waals surface area contributed by atoms with Crippen LogP contribution in [0.2, 0.25) is 0 Å². The number of carbonyl (C=O) groups is 1. The van der Waals surface area contributed by atoms with Crippen LogP contribution >= 0.6 is 0 Å². The number of nitrogens with zero attached hydrogens (tertiary/aromatic N) is 4. The second-order valence-corrected chi connectivity index (χ2v) is 7.23. The molecule has 0 radical (unpaired) electrons. The van der Waals surface area contributed by atoms with Crippen LogP contribution in [0, 0.1) is 23.1 Å². The van der Waals surface area contributed by atoms with Gasteiger partial charge in [-0.1, -0.05) is 6.07 Å². The van der Waals surface area contributed by atoms with Crippen molar-refractivity contribution >= 4 is 11.6 Å². The van der Waals surface area contributed by atoms with E-state index in [1.54, 1.807) is 12.1 Å². The summed E-state index contributed by atoms with van der Waals surface area (Å²) in [6.45, 7) is 2.23. The van der Waals surface area contributed by atoms with Gasteiger partial charge in [0.1, 0.15) is 17.4 Å². The van der Waals surface area contributed by atoms with Crippen LogP contribution in [-0.2, 0) is 4.79 Å². The average molecular weight is 398 g/mol. The number of nitriles is 1. The molecule has 1 aromatic carbocycles. The SMILES string of the molecule is N#Cc1c(F)cccc1N1CCN(CC(=O)N2CCCC(C(F)(F)F)C2)CC1. The molecule has 2 saturated heterocycles. The van der Waals surface area contributed by atoms with Gasteiger partial charge in [0, 0.05) is 39.3 Å². The van der Waals surface area contributed by atoms with Crippen LogP contribution in [0.3, 0.4) is 0 Å². The van der Waals surface area contributed by atoms with E-state index in [0.717, 1.165) is 0 Å². The Kier molecular flexibility index (Phi) is 6.08. The summed E-state index contributed by atoms with van der Waals surface area (Å²) in [6.07, 6.45) is -3.84. The number of carbonyl (C=O) groups excluding carboxylic acids is 1. The molecule has 0 aromatic heterocycles. The molecule has 152 valence electrons. The van der Waals surface area contributed by atoms with Crippen LogP contribution in [-0.4, -0.2) is 67.7 Å². The lowest BCUT2D eigenvalue weighted by molar-refractivity contribution is -0.188. The normalized spacial score (nSPS) is 21.5. The number of alkyl halides is 3. The van der Waals surface area contributed by atoms with Gasteiger partial charge in [0.25, 0.3) is 0 Å². The smallest absolute Gasteiger partial charge is 0.368 e. The highest BCUT2D eigenvalue weighted by atomic mass is 19.4. The summed E-state index contributed by atoms with van der Waals surface area (Å²) in [6, 6.07) is 6.36. The fourth-order valence-corrected chi connectivity index (χ4v) is 3.80. The molecule has 2 heterocycles. The van der Waals surface area contributed by atoms with Crippen molar-refractivity contribution in [2.75, 3.05) is 50.7 Å². The summed E-state index contributed by atoms with van der Waals surface area (Å²) in [4.78, 5) is 17.5. The molecule has 1 amide bonds. The summed E-state index contributed by atoms with van der Waals surface area (Å²) in [5, 5.41) is 9.17. The first kappa shape index (κ1) is 20.4. The number of piperazine rings is 1. The van der Waals surface area contributed by atoms with Gasteiger partial charge < -0.3 is 9.80 Å². The first-order valence-corrected chi connectivity index (χ1v) is 9.30. The van der Waals surface area contributed by atoms with Gasteiger partial charge in [0.15, 0.2) is 0 Å². The predicted octanol–water partition coefficient (Wildman–Crippen LogP) is 2.62. The highest BCUT2D eigenvalue weighted by molar-refractivity contribution is 5.78. The van der Waals surface area contributed by atoms with Crippen LogP contribution in [0.15, 0.2) is 18.2 Å². The van der Waals surface area contributed by atoms with Crippen LogP contribution in [0.5, 0.6) is 0 Å². The molecule has 2 aliphatic rings. The van der Waals surface area contributed by atoms with Gasteiger partial charge in [0.2, 0.25) is 5.91 Å². The standard InChI is InChI=1S/C19H22F4N4O/c20-16-4-1-5-17(15(16)11-24)26-9-7-25(8-10-26)13-18(28)27-6-2-3-14(12-27)19(21,22)23/h1,4-5,14H,2-3,6-10,12-13H2. The summed E-state index contributed by atoms with van der Waals surface area (Å²) < 4.78 is 52.6. The molecule has 0 spiro atoms. The van der Waals surface area contributed by atoms with Crippen LogP contribution < -0.4 is 4.90 Å². The molecule has 2 aliphatic heterocycles. The maximum absolute atomic E-state index is 13.8. The minimum atomic E-state index is -4.27. The Morgan fingerprint density at radius 1 is 1.18 bits per heavy atom. The molecule has 1 aromatic rings. The van der Waals surface area contributed by atoms with Crippen molar-refractivity contribution in [3.63, 3.8) is 0 Å². The number of likely N-dealkylation sites (tertiary alicyclic amines) is 1. The number of hydrogen-bond donors (Lipinski definition) is 0. The van der Waals surface area contributed by atoms with Crippen molar-refractivity contribution in [2.24, 2.45) is 5.92 Å². The first-order chi connectivity index (χ1) is 13.3. The molecule has 5 nitrogen and oxygen atoms in total. The topological polar surface area (TPSA) is 50.6 Å². The van der Waals surface area contributed by atoms with Crippen LogP contribution in [0.25, 0.3) is 0 Å². The largest absolute Gasteiger partial charge is 0.393 e. The number of rotatable bonds is 3. The monoisotopic (exact) mass is 398 g/mol. The molecule has 28 heavy (non-hydrogen) atoms.